The van der Waals surface area contributed by atoms with Crippen LogP contribution in [0.25, 0.3) is 22.1 Å². The van der Waals surface area contributed by atoms with Crippen LogP contribution in [0.3, 0.4) is 0 Å². The van der Waals surface area contributed by atoms with E-state index >= 15 is 0 Å². The van der Waals surface area contributed by atoms with E-state index in [1.807, 2.05) is 24.3 Å². The van der Waals surface area contributed by atoms with Crippen molar-refractivity contribution in [1.29, 1.82) is 0 Å². The van der Waals surface area contributed by atoms with Crippen molar-refractivity contribution in [3.8, 4) is 0 Å². The van der Waals surface area contributed by atoms with Crippen LogP contribution in [0.4, 0.5) is 5.82 Å². The quantitative estimate of drug-likeness (QED) is 0.575. The summed E-state index contributed by atoms with van der Waals surface area (Å²) in [4.78, 5) is 11.2. The highest BCUT2D eigenvalue weighted by atomic mass is 16.5. The van der Waals surface area contributed by atoms with Gasteiger partial charge in [-0.2, -0.15) is 0 Å². The number of furan rings is 1. The Morgan fingerprint density at radius 2 is 1.89 bits per heavy atom. The fourth-order valence-corrected chi connectivity index (χ4v) is 3.75. The SMILES string of the molecule is c1ccc(CN2CCO[C@@H](CNc3ncnc4c3oc3ccccc34)C2)cc1. The first-order chi connectivity index (χ1) is 13.9. The first kappa shape index (κ1) is 17.2. The Kier molecular flexibility index (Phi) is 4.64. The normalized spacial score (nSPS) is 17.9. The minimum Gasteiger partial charge on any atom is -0.450 e. The molecule has 142 valence electrons. The summed E-state index contributed by atoms with van der Waals surface area (Å²) in [5.74, 6) is 0.713. The van der Waals surface area contributed by atoms with E-state index in [1.165, 1.54) is 5.56 Å². The van der Waals surface area contributed by atoms with Gasteiger partial charge in [-0.25, -0.2) is 9.97 Å². The molecule has 0 unspecified atom stereocenters. The van der Waals surface area contributed by atoms with Crippen molar-refractivity contribution in [3.05, 3.63) is 66.5 Å². The summed E-state index contributed by atoms with van der Waals surface area (Å²) in [5.41, 5.74) is 3.68. The van der Waals surface area contributed by atoms with Crippen molar-refractivity contribution in [2.45, 2.75) is 12.6 Å². The molecule has 2 aromatic heterocycles. The molecule has 1 aliphatic rings. The molecule has 3 heterocycles. The summed E-state index contributed by atoms with van der Waals surface area (Å²) in [5, 5.41) is 4.41. The molecule has 28 heavy (non-hydrogen) atoms. The van der Waals surface area contributed by atoms with Gasteiger partial charge in [0.25, 0.3) is 0 Å². The molecule has 6 heteroatoms. The van der Waals surface area contributed by atoms with Gasteiger partial charge in [-0.05, 0) is 17.7 Å². The maximum Gasteiger partial charge on any atom is 0.196 e. The number of nitrogens with zero attached hydrogens (tertiary/aromatic N) is 3. The molecule has 0 saturated carbocycles. The van der Waals surface area contributed by atoms with Crippen LogP contribution in [0.1, 0.15) is 5.56 Å². The average Bonchev–Trinajstić information content (AvgIpc) is 3.13. The van der Waals surface area contributed by atoms with Crippen LogP contribution in [-0.2, 0) is 11.3 Å². The molecule has 1 saturated heterocycles. The molecule has 1 fully saturated rings. The lowest BCUT2D eigenvalue weighted by Gasteiger charge is -2.33. The molecule has 4 aromatic rings. The molecular weight excluding hydrogens is 352 g/mol. The minimum atomic E-state index is 0.104. The van der Waals surface area contributed by atoms with Crippen LogP contribution in [-0.4, -0.2) is 47.2 Å². The second-order valence-corrected chi connectivity index (χ2v) is 7.09. The number of morpholine rings is 1. The molecule has 5 rings (SSSR count). The predicted molar refractivity (Wildman–Crippen MR) is 109 cm³/mol. The Bertz CT molecular complexity index is 1080. The van der Waals surface area contributed by atoms with E-state index in [0.717, 1.165) is 42.7 Å². The third kappa shape index (κ3) is 3.44. The maximum atomic E-state index is 5.98. The zero-order valence-electron chi connectivity index (χ0n) is 15.5. The molecule has 1 N–H and O–H groups in total. The molecule has 0 spiro atoms. The second-order valence-electron chi connectivity index (χ2n) is 7.09. The standard InChI is InChI=1S/C22H22N4O2/c1-2-6-16(7-3-1)13-26-10-11-27-17(14-26)12-23-22-21-20(24-15-25-22)18-8-4-5-9-19(18)28-21/h1-9,15,17H,10-14H2,(H,23,24,25)/t17-/m0/s1. The van der Waals surface area contributed by atoms with Gasteiger partial charge in [-0.1, -0.05) is 42.5 Å². The smallest absolute Gasteiger partial charge is 0.196 e. The number of benzene rings is 2. The molecular formula is C22H22N4O2. The number of hydrogen-bond donors (Lipinski definition) is 1. The Morgan fingerprint density at radius 3 is 2.82 bits per heavy atom. The van der Waals surface area contributed by atoms with Crippen molar-refractivity contribution in [3.63, 3.8) is 0 Å². The summed E-state index contributed by atoms with van der Waals surface area (Å²) < 4.78 is 11.9. The zero-order valence-corrected chi connectivity index (χ0v) is 15.5. The highest BCUT2D eigenvalue weighted by molar-refractivity contribution is 6.05. The van der Waals surface area contributed by atoms with Crippen molar-refractivity contribution >= 4 is 27.9 Å². The molecule has 1 atom stereocenters. The lowest BCUT2D eigenvalue weighted by Crippen LogP contribution is -2.44. The first-order valence-electron chi connectivity index (χ1n) is 9.61. The Labute approximate surface area is 163 Å². The van der Waals surface area contributed by atoms with E-state index in [2.05, 4.69) is 50.5 Å². The number of anilines is 1. The molecule has 0 aliphatic carbocycles. The number of nitrogens with one attached hydrogen (secondary N) is 1. The molecule has 2 aromatic carbocycles. The molecule has 0 amide bonds. The van der Waals surface area contributed by atoms with Crippen LogP contribution < -0.4 is 5.32 Å². The minimum absolute atomic E-state index is 0.104. The molecule has 0 radical (unpaired) electrons. The number of rotatable bonds is 5. The van der Waals surface area contributed by atoms with Crippen LogP contribution in [0.15, 0.2) is 65.3 Å². The van der Waals surface area contributed by atoms with Gasteiger partial charge >= 0.3 is 0 Å². The summed E-state index contributed by atoms with van der Waals surface area (Å²) >= 11 is 0. The van der Waals surface area contributed by atoms with Gasteiger partial charge in [0, 0.05) is 31.6 Å². The van der Waals surface area contributed by atoms with Gasteiger partial charge in [0.05, 0.1) is 12.7 Å². The van der Waals surface area contributed by atoms with Gasteiger partial charge in [-0.15, -0.1) is 0 Å². The topological polar surface area (TPSA) is 63.4 Å². The van der Waals surface area contributed by atoms with Gasteiger partial charge < -0.3 is 14.5 Å². The molecule has 0 bridgehead atoms. The van der Waals surface area contributed by atoms with Gasteiger partial charge in [-0.3, -0.25) is 4.90 Å². The van der Waals surface area contributed by atoms with Crippen LogP contribution in [0.5, 0.6) is 0 Å². The van der Waals surface area contributed by atoms with E-state index in [9.17, 15) is 0 Å². The number of para-hydroxylation sites is 1. The van der Waals surface area contributed by atoms with E-state index in [-0.39, 0.29) is 6.10 Å². The number of hydrogen-bond acceptors (Lipinski definition) is 6. The van der Waals surface area contributed by atoms with Crippen molar-refractivity contribution in [2.24, 2.45) is 0 Å². The summed E-state index contributed by atoms with van der Waals surface area (Å²) in [7, 11) is 0. The Balaban J connectivity index is 1.28. The third-order valence-corrected chi connectivity index (χ3v) is 5.13. The van der Waals surface area contributed by atoms with Gasteiger partial charge in [0.1, 0.15) is 17.4 Å². The maximum absolute atomic E-state index is 5.98. The second kappa shape index (κ2) is 7.58. The van der Waals surface area contributed by atoms with Crippen LogP contribution in [0, 0.1) is 0 Å². The lowest BCUT2D eigenvalue weighted by molar-refractivity contribution is -0.0240. The third-order valence-electron chi connectivity index (χ3n) is 5.13. The van der Waals surface area contributed by atoms with Crippen LogP contribution >= 0.6 is 0 Å². The highest BCUT2D eigenvalue weighted by Crippen LogP contribution is 2.30. The highest BCUT2D eigenvalue weighted by Gasteiger charge is 2.21. The lowest BCUT2D eigenvalue weighted by atomic mass is 10.2. The Morgan fingerprint density at radius 1 is 1.04 bits per heavy atom. The average molecular weight is 374 g/mol. The summed E-state index contributed by atoms with van der Waals surface area (Å²) in [6.07, 6.45) is 1.68. The number of fused-ring (bicyclic) bond motifs is 3. The molecule has 6 nitrogen and oxygen atoms in total. The van der Waals surface area contributed by atoms with Gasteiger partial charge in [0.2, 0.25) is 0 Å². The van der Waals surface area contributed by atoms with E-state index in [0.29, 0.717) is 17.9 Å². The fourth-order valence-electron chi connectivity index (χ4n) is 3.75. The van der Waals surface area contributed by atoms with E-state index < -0.39 is 0 Å². The monoisotopic (exact) mass is 374 g/mol. The van der Waals surface area contributed by atoms with E-state index in [4.69, 9.17) is 9.15 Å². The molecule has 1 aliphatic heterocycles. The van der Waals surface area contributed by atoms with Gasteiger partial charge in [0.15, 0.2) is 11.4 Å². The number of ether oxygens (including phenoxy) is 1. The largest absolute Gasteiger partial charge is 0.450 e. The van der Waals surface area contributed by atoms with Crippen LogP contribution in [0.2, 0.25) is 0 Å². The summed E-state index contributed by atoms with van der Waals surface area (Å²) in [6.45, 7) is 4.20. The van der Waals surface area contributed by atoms with E-state index in [1.54, 1.807) is 6.33 Å². The fraction of sp³-hybridized carbons (Fsp3) is 0.273. The van der Waals surface area contributed by atoms with Crippen molar-refractivity contribution < 1.29 is 9.15 Å². The number of aromatic nitrogens is 2. The Hall–Kier alpha value is -2.96. The summed E-state index contributed by atoms with van der Waals surface area (Å²) in [6, 6.07) is 18.5. The van der Waals surface area contributed by atoms with Crippen molar-refractivity contribution in [2.75, 3.05) is 31.6 Å². The zero-order chi connectivity index (χ0) is 18.8. The predicted octanol–water partition coefficient (Wildman–Crippen LogP) is 3.69. The van der Waals surface area contributed by atoms with Crippen molar-refractivity contribution in [1.82, 2.24) is 14.9 Å². The first-order valence-corrected chi connectivity index (χ1v) is 9.61.